The van der Waals surface area contributed by atoms with Crippen molar-refractivity contribution in [2.45, 2.75) is 23.6 Å². The van der Waals surface area contributed by atoms with E-state index >= 15 is 0 Å². The van der Waals surface area contributed by atoms with Gasteiger partial charge in [-0.25, -0.2) is 4.98 Å². The second kappa shape index (κ2) is 18.0. The molecular formula is C48H26N2O16S9. The highest BCUT2D eigenvalue weighted by atomic mass is 32.3. The third kappa shape index (κ3) is 8.87. The minimum atomic E-state index is -5.54. The molecule has 378 valence electrons. The molecule has 0 fully saturated rings. The van der Waals surface area contributed by atoms with Crippen LogP contribution in [0.15, 0.2) is 186 Å². The molecule has 0 bridgehead atoms. The number of thiophene rings is 2. The Labute approximate surface area is 440 Å². The lowest BCUT2D eigenvalue weighted by Crippen LogP contribution is -2.19. The fraction of sp³-hybridized carbons (Fsp3) is 0. The minimum absolute atomic E-state index is 0.0160. The van der Waals surface area contributed by atoms with Gasteiger partial charge in [0.15, 0.2) is 15.7 Å². The number of benzene rings is 7. The van der Waals surface area contributed by atoms with Gasteiger partial charge in [-0.05, 0) is 71.5 Å². The lowest BCUT2D eigenvalue weighted by Gasteiger charge is -2.20. The van der Waals surface area contributed by atoms with Crippen LogP contribution in [-0.2, 0) is 50.6 Å². The molecule has 18 nitrogen and oxygen atoms in total. The van der Waals surface area contributed by atoms with Crippen LogP contribution in [0.25, 0.3) is 61.5 Å². The van der Waals surface area contributed by atoms with E-state index in [0.29, 0.717) is 63.0 Å². The molecule has 5 heterocycles. The molecule has 0 amide bonds. The fourth-order valence-electron chi connectivity index (χ4n) is 7.81. The largest absolute Gasteiger partial charge is 0.441 e. The van der Waals surface area contributed by atoms with Crippen molar-refractivity contribution in [3.63, 3.8) is 0 Å². The maximum Gasteiger partial charge on any atom is 0.373 e. The Bertz CT molecular complexity index is 4830. The average molecular weight is 1180 g/mol. The van der Waals surface area contributed by atoms with Crippen LogP contribution in [0.1, 0.15) is 0 Å². The highest BCUT2D eigenvalue weighted by Gasteiger charge is 2.41. The first kappa shape index (κ1) is 48.7. The SMILES string of the molecule is O=S(=O)(Oc1c(OS(=O)(=O)c2cc3ccccc3s2)c(OS(=O)(=O)c2cccc3sc4ccccc4c23)cc(OS(=O)(=O)c2nsc3ccccc23)c1OS(=O)(=O)c1nc2ccccc2s1)c1cc2ccccc2o1. The van der Waals surface area contributed by atoms with Crippen LogP contribution in [0.2, 0.25) is 0 Å². The van der Waals surface area contributed by atoms with Gasteiger partial charge in [0.25, 0.3) is 5.09 Å². The molecule has 0 unspecified atom stereocenters. The molecular weight excluding hydrogens is 1150 g/mol. The Kier molecular flexibility index (Phi) is 11.7. The monoisotopic (exact) mass is 1170 g/mol. The summed E-state index contributed by atoms with van der Waals surface area (Å²) in [5.74, 6) is -7.22. The molecule has 0 radical (unpaired) electrons. The molecule has 0 aliphatic rings. The van der Waals surface area contributed by atoms with Crippen molar-refractivity contribution in [1.29, 1.82) is 0 Å². The van der Waals surface area contributed by atoms with Crippen molar-refractivity contribution in [2.24, 2.45) is 0 Å². The van der Waals surface area contributed by atoms with E-state index in [1.807, 2.05) is 0 Å². The minimum Gasteiger partial charge on any atom is -0.441 e. The summed E-state index contributed by atoms with van der Waals surface area (Å²) in [6, 6.07) is 38.4. The molecule has 0 aliphatic heterocycles. The number of hydrogen-bond acceptors (Lipinski definition) is 22. The number of aromatic nitrogens is 2. The van der Waals surface area contributed by atoms with E-state index < -0.39 is 103 Å². The van der Waals surface area contributed by atoms with Crippen molar-refractivity contribution in [3.8, 4) is 28.7 Å². The van der Waals surface area contributed by atoms with Gasteiger partial charge in [-0.2, -0.15) is 46.5 Å². The summed E-state index contributed by atoms with van der Waals surface area (Å²) in [5.41, 5.74) is 0.186. The highest BCUT2D eigenvalue weighted by Crippen LogP contribution is 2.55. The van der Waals surface area contributed by atoms with E-state index in [4.69, 9.17) is 25.3 Å². The summed E-state index contributed by atoms with van der Waals surface area (Å²) in [6.07, 6.45) is 0. The Hall–Kier alpha value is -7.21. The molecule has 0 atom stereocenters. The maximum atomic E-state index is 15.0. The van der Waals surface area contributed by atoms with E-state index in [0.717, 1.165) is 17.6 Å². The van der Waals surface area contributed by atoms with Crippen molar-refractivity contribution in [1.82, 2.24) is 9.36 Å². The van der Waals surface area contributed by atoms with Crippen LogP contribution in [0, 0.1) is 0 Å². The van der Waals surface area contributed by atoms with Crippen LogP contribution in [0.3, 0.4) is 0 Å². The van der Waals surface area contributed by atoms with Gasteiger partial charge in [-0.15, -0.1) is 22.7 Å². The van der Waals surface area contributed by atoms with Crippen molar-refractivity contribution in [2.75, 3.05) is 0 Å². The number of furan rings is 1. The molecule has 12 rings (SSSR count). The number of rotatable bonds is 15. The summed E-state index contributed by atoms with van der Waals surface area (Å²) < 4.78 is 187. The highest BCUT2D eigenvalue weighted by molar-refractivity contribution is 7.90. The first-order valence-electron chi connectivity index (χ1n) is 21.3. The first-order chi connectivity index (χ1) is 35.8. The van der Waals surface area contributed by atoms with Gasteiger partial charge in [-0.3, -0.25) is 0 Å². The summed E-state index contributed by atoms with van der Waals surface area (Å²) in [6.45, 7) is 0. The Balaban J connectivity index is 1.15. The van der Waals surface area contributed by atoms with Gasteiger partial charge >= 0.3 is 50.6 Å². The lowest BCUT2D eigenvalue weighted by atomic mass is 10.1. The Morgan fingerprint density at radius 3 is 1.76 bits per heavy atom. The van der Waals surface area contributed by atoms with Crippen LogP contribution in [0.4, 0.5) is 0 Å². The van der Waals surface area contributed by atoms with E-state index in [9.17, 15) is 42.1 Å². The van der Waals surface area contributed by atoms with Gasteiger partial charge in [0, 0.05) is 47.8 Å². The smallest absolute Gasteiger partial charge is 0.373 e. The van der Waals surface area contributed by atoms with Crippen molar-refractivity contribution in [3.05, 3.63) is 158 Å². The quantitative estimate of drug-likeness (QED) is 0.0864. The first-order valence-corrected chi connectivity index (χ1v) is 31.6. The van der Waals surface area contributed by atoms with Crippen molar-refractivity contribution >= 4 is 158 Å². The number of thiazole rings is 1. The normalized spacial score (nSPS) is 12.8. The summed E-state index contributed by atoms with van der Waals surface area (Å²) in [7, 11) is -26.9. The predicted molar refractivity (Wildman–Crippen MR) is 282 cm³/mol. The molecule has 0 spiro atoms. The maximum absolute atomic E-state index is 15.0. The van der Waals surface area contributed by atoms with Gasteiger partial charge in [0.05, 0.1) is 14.9 Å². The van der Waals surface area contributed by atoms with Crippen LogP contribution >= 0.6 is 45.5 Å². The van der Waals surface area contributed by atoms with E-state index in [1.165, 1.54) is 72.0 Å². The molecule has 0 N–H and O–H groups in total. The van der Waals surface area contributed by atoms with E-state index in [-0.39, 0.29) is 27.3 Å². The molecule has 7 aromatic carbocycles. The van der Waals surface area contributed by atoms with Gasteiger partial charge in [0.1, 0.15) is 10.5 Å². The third-order valence-electron chi connectivity index (χ3n) is 11.1. The van der Waals surface area contributed by atoms with Crippen LogP contribution in [0.5, 0.6) is 28.7 Å². The third-order valence-corrected chi connectivity index (χ3v) is 22.1. The molecule has 0 saturated carbocycles. The second-order valence-electron chi connectivity index (χ2n) is 15.9. The lowest BCUT2D eigenvalue weighted by molar-refractivity contribution is 0.390. The van der Waals surface area contributed by atoms with E-state index in [2.05, 4.69) is 9.36 Å². The van der Waals surface area contributed by atoms with Gasteiger partial charge in [-0.1, -0.05) is 102 Å². The summed E-state index contributed by atoms with van der Waals surface area (Å²) >= 11 is 3.28. The Morgan fingerprint density at radius 2 is 1.03 bits per heavy atom. The summed E-state index contributed by atoms with van der Waals surface area (Å²) in [5, 5.41) is -0.376. The van der Waals surface area contributed by atoms with Gasteiger partial charge in [0.2, 0.25) is 26.6 Å². The number of hydrogen-bond donors (Lipinski definition) is 0. The fourth-order valence-corrected chi connectivity index (χ4v) is 17.6. The topological polar surface area (TPSA) is 256 Å². The molecule has 12 aromatic rings. The zero-order valence-electron chi connectivity index (χ0n) is 37.1. The molecule has 27 heteroatoms. The average Bonchev–Trinajstić information content (AvgIpc) is 4.25. The molecule has 0 aliphatic carbocycles. The predicted octanol–water partition coefficient (Wildman–Crippen LogP) is 11.1. The zero-order valence-corrected chi connectivity index (χ0v) is 44.5. The zero-order chi connectivity index (χ0) is 52.1. The molecule has 5 aromatic heterocycles. The summed E-state index contributed by atoms with van der Waals surface area (Å²) in [4.78, 5) is 3.66. The molecule has 75 heavy (non-hydrogen) atoms. The van der Waals surface area contributed by atoms with Crippen LogP contribution < -0.4 is 20.9 Å². The van der Waals surface area contributed by atoms with E-state index in [1.54, 1.807) is 84.9 Å². The number of fused-ring (bicyclic) bond motifs is 7. The second-order valence-corrected chi connectivity index (χ2v) is 27.9. The standard InChI is InChI=1S/C48H26N2O16S9/c51-71(52,40-23-11-22-39-43(40)29-14-3-8-19-36(29)67-39)62-33-26-34(63-74(57,58)47-30-15-4-9-20-37(30)70-50-47)45(65-75(59,60)48-49-31-16-5-10-21-38(31)69-48)46(66-72(53,54)41-24-27-12-1-6-17-32(27)61-41)44(33)64-73(55,56)42-25-28-13-2-7-18-35(28)68-42/h1-26H. The van der Waals surface area contributed by atoms with Crippen molar-refractivity contribution < 1.29 is 67.4 Å². The Morgan fingerprint density at radius 1 is 0.427 bits per heavy atom. The van der Waals surface area contributed by atoms with Crippen LogP contribution in [-0.4, -0.2) is 51.4 Å². The number of nitrogens with zero attached hydrogens (tertiary/aromatic N) is 2. The molecule has 0 saturated heterocycles. The number of para-hydroxylation sites is 2. The van der Waals surface area contributed by atoms with Gasteiger partial charge < -0.3 is 25.3 Å².